The zero-order chi connectivity index (χ0) is 10.3. The normalized spacial score (nSPS) is 16.2. The van der Waals surface area contributed by atoms with E-state index >= 15 is 0 Å². The van der Waals surface area contributed by atoms with Crippen LogP contribution in [0.4, 0.5) is 0 Å². The molecule has 1 nitrogen and oxygen atoms in total. The smallest absolute Gasteiger partial charge is 0.000216 e. The highest BCUT2D eigenvalue weighted by Crippen LogP contribution is 2.29. The van der Waals surface area contributed by atoms with Gasteiger partial charge in [-0.25, -0.2) is 0 Å². The van der Waals surface area contributed by atoms with Gasteiger partial charge in [0.05, 0.1) is 0 Å². The van der Waals surface area contributed by atoms with Crippen molar-refractivity contribution in [3.05, 3.63) is 0 Å². The van der Waals surface area contributed by atoms with Crippen molar-refractivity contribution in [1.29, 1.82) is 0 Å². The number of rotatable bonds is 7. The molecule has 1 atom stereocenters. The lowest BCUT2D eigenvalue weighted by Crippen LogP contribution is -2.30. The predicted molar refractivity (Wildman–Crippen MR) is 61.0 cm³/mol. The highest BCUT2D eigenvalue weighted by Gasteiger charge is 2.22. The summed E-state index contributed by atoms with van der Waals surface area (Å²) in [6.07, 6.45) is 5.37. The Kier molecular flexibility index (Phi) is 6.40. The Morgan fingerprint density at radius 2 is 1.85 bits per heavy atom. The monoisotopic (exact) mass is 185 g/mol. The molecular formula is C12H27N. The molecule has 0 saturated carbocycles. The zero-order valence-electron chi connectivity index (χ0n) is 10.1. The third kappa shape index (κ3) is 6.09. The fourth-order valence-electron chi connectivity index (χ4n) is 1.97. The van der Waals surface area contributed by atoms with E-state index in [4.69, 9.17) is 0 Å². The van der Waals surface area contributed by atoms with Crippen molar-refractivity contribution >= 4 is 0 Å². The second-order valence-electron chi connectivity index (χ2n) is 5.02. The molecule has 0 fully saturated rings. The third-order valence-corrected chi connectivity index (χ3v) is 2.78. The highest BCUT2D eigenvalue weighted by molar-refractivity contribution is 4.76. The first-order valence-corrected chi connectivity index (χ1v) is 5.68. The van der Waals surface area contributed by atoms with Gasteiger partial charge >= 0.3 is 0 Å². The molecule has 0 aliphatic rings. The molecule has 0 aliphatic carbocycles. The molecule has 13 heavy (non-hydrogen) atoms. The Morgan fingerprint density at radius 3 is 2.23 bits per heavy atom. The van der Waals surface area contributed by atoms with E-state index < -0.39 is 0 Å². The van der Waals surface area contributed by atoms with E-state index in [2.05, 4.69) is 40.1 Å². The lowest BCUT2D eigenvalue weighted by Gasteiger charge is -2.29. The van der Waals surface area contributed by atoms with E-state index in [-0.39, 0.29) is 0 Å². The van der Waals surface area contributed by atoms with Gasteiger partial charge in [-0.2, -0.15) is 0 Å². The van der Waals surface area contributed by atoms with E-state index in [0.717, 1.165) is 12.5 Å². The van der Waals surface area contributed by atoms with Gasteiger partial charge in [0.25, 0.3) is 0 Å². The lowest BCUT2D eigenvalue weighted by atomic mass is 9.79. The molecule has 0 aromatic heterocycles. The van der Waals surface area contributed by atoms with Gasteiger partial charge < -0.3 is 5.32 Å². The summed E-state index contributed by atoms with van der Waals surface area (Å²) in [6.45, 7) is 10.5. The standard InChI is InChI=1S/C12H27N/c1-6-8-12(4,10-13-5)9-7-11(2)3/h11,13H,6-10H2,1-5H3. The Labute approximate surface area is 84.3 Å². The van der Waals surface area contributed by atoms with Crippen LogP contribution in [0.1, 0.15) is 53.4 Å². The van der Waals surface area contributed by atoms with Crippen LogP contribution >= 0.6 is 0 Å². The van der Waals surface area contributed by atoms with Gasteiger partial charge in [0.1, 0.15) is 0 Å². The maximum atomic E-state index is 3.32. The minimum Gasteiger partial charge on any atom is -0.319 e. The molecule has 0 saturated heterocycles. The van der Waals surface area contributed by atoms with Crippen LogP contribution in [0.2, 0.25) is 0 Å². The Hall–Kier alpha value is -0.0400. The van der Waals surface area contributed by atoms with Gasteiger partial charge in [-0.15, -0.1) is 0 Å². The largest absolute Gasteiger partial charge is 0.319 e. The van der Waals surface area contributed by atoms with Crippen LogP contribution in [0.15, 0.2) is 0 Å². The first-order chi connectivity index (χ1) is 6.04. The van der Waals surface area contributed by atoms with Crippen molar-refractivity contribution in [3.8, 4) is 0 Å². The number of hydrogen-bond acceptors (Lipinski definition) is 1. The summed E-state index contributed by atoms with van der Waals surface area (Å²) in [5.41, 5.74) is 0.522. The van der Waals surface area contributed by atoms with Crippen molar-refractivity contribution in [2.24, 2.45) is 11.3 Å². The Balaban J connectivity index is 3.91. The van der Waals surface area contributed by atoms with Gasteiger partial charge in [-0.05, 0) is 31.2 Å². The quantitative estimate of drug-likeness (QED) is 0.640. The minimum absolute atomic E-state index is 0.522. The summed E-state index contributed by atoms with van der Waals surface area (Å²) < 4.78 is 0. The lowest BCUT2D eigenvalue weighted by molar-refractivity contribution is 0.243. The molecule has 0 radical (unpaired) electrons. The molecule has 0 amide bonds. The first-order valence-electron chi connectivity index (χ1n) is 5.68. The van der Waals surface area contributed by atoms with Crippen LogP contribution in [0, 0.1) is 11.3 Å². The van der Waals surface area contributed by atoms with Gasteiger partial charge in [0.15, 0.2) is 0 Å². The molecule has 1 heteroatoms. The van der Waals surface area contributed by atoms with Crippen LogP contribution in [-0.4, -0.2) is 13.6 Å². The summed E-state index contributed by atoms with van der Waals surface area (Å²) in [4.78, 5) is 0. The summed E-state index contributed by atoms with van der Waals surface area (Å²) in [5, 5.41) is 3.32. The molecule has 1 N–H and O–H groups in total. The van der Waals surface area contributed by atoms with Gasteiger partial charge in [0.2, 0.25) is 0 Å². The summed E-state index contributed by atoms with van der Waals surface area (Å²) in [7, 11) is 2.06. The van der Waals surface area contributed by atoms with Crippen LogP contribution in [0.5, 0.6) is 0 Å². The van der Waals surface area contributed by atoms with E-state index in [1.807, 2.05) is 0 Å². The molecule has 0 spiro atoms. The van der Waals surface area contributed by atoms with E-state index in [1.165, 1.54) is 25.7 Å². The van der Waals surface area contributed by atoms with Crippen LogP contribution in [0.25, 0.3) is 0 Å². The van der Waals surface area contributed by atoms with Crippen LogP contribution in [0.3, 0.4) is 0 Å². The fourth-order valence-corrected chi connectivity index (χ4v) is 1.97. The topological polar surface area (TPSA) is 12.0 Å². The molecule has 0 rings (SSSR count). The van der Waals surface area contributed by atoms with Gasteiger partial charge in [-0.3, -0.25) is 0 Å². The second-order valence-corrected chi connectivity index (χ2v) is 5.02. The first kappa shape index (κ1) is 13.0. The van der Waals surface area contributed by atoms with Gasteiger partial charge in [0, 0.05) is 6.54 Å². The molecule has 1 unspecified atom stereocenters. The predicted octanol–water partition coefficient (Wildman–Crippen LogP) is 3.45. The average molecular weight is 185 g/mol. The van der Waals surface area contributed by atoms with Gasteiger partial charge in [-0.1, -0.05) is 40.5 Å². The maximum Gasteiger partial charge on any atom is 0.000216 e. The third-order valence-electron chi connectivity index (χ3n) is 2.78. The minimum atomic E-state index is 0.522. The zero-order valence-corrected chi connectivity index (χ0v) is 10.1. The molecule has 0 aromatic rings. The Bertz CT molecular complexity index is 112. The molecular weight excluding hydrogens is 158 g/mol. The second kappa shape index (κ2) is 6.42. The average Bonchev–Trinajstić information content (AvgIpc) is 2.02. The van der Waals surface area contributed by atoms with Crippen molar-refractivity contribution in [2.75, 3.05) is 13.6 Å². The fraction of sp³-hybridized carbons (Fsp3) is 1.00. The van der Waals surface area contributed by atoms with Crippen molar-refractivity contribution in [2.45, 2.75) is 53.4 Å². The SMILES string of the molecule is CCCC(C)(CCC(C)C)CNC. The van der Waals surface area contributed by atoms with E-state index in [1.54, 1.807) is 0 Å². The van der Waals surface area contributed by atoms with Crippen molar-refractivity contribution in [3.63, 3.8) is 0 Å². The van der Waals surface area contributed by atoms with E-state index in [0.29, 0.717) is 5.41 Å². The molecule has 0 aliphatic heterocycles. The number of nitrogens with one attached hydrogen (secondary N) is 1. The van der Waals surface area contributed by atoms with Crippen LogP contribution in [-0.2, 0) is 0 Å². The number of hydrogen-bond donors (Lipinski definition) is 1. The highest BCUT2D eigenvalue weighted by atomic mass is 14.8. The summed E-state index contributed by atoms with van der Waals surface area (Å²) in [6, 6.07) is 0. The molecule has 0 bridgehead atoms. The summed E-state index contributed by atoms with van der Waals surface area (Å²) in [5.74, 6) is 0.841. The molecule has 0 heterocycles. The maximum absolute atomic E-state index is 3.32. The molecule has 0 aromatic carbocycles. The molecule has 80 valence electrons. The van der Waals surface area contributed by atoms with E-state index in [9.17, 15) is 0 Å². The summed E-state index contributed by atoms with van der Waals surface area (Å²) >= 11 is 0. The van der Waals surface area contributed by atoms with Crippen molar-refractivity contribution in [1.82, 2.24) is 5.32 Å². The van der Waals surface area contributed by atoms with Crippen LogP contribution < -0.4 is 5.32 Å². The Morgan fingerprint density at radius 1 is 1.23 bits per heavy atom. The van der Waals surface area contributed by atoms with Crippen molar-refractivity contribution < 1.29 is 0 Å².